The normalized spacial score (nSPS) is 11.9. The Morgan fingerprint density at radius 1 is 1.15 bits per heavy atom. The maximum atomic E-state index is 12.4. The predicted molar refractivity (Wildman–Crippen MR) is 98.4 cm³/mol. The number of alkyl halides is 2. The van der Waals surface area contributed by atoms with Crippen LogP contribution in [0.15, 0.2) is 42.5 Å². The molecule has 2 rings (SSSR count). The molecule has 2 N–H and O–H groups in total. The molecule has 2 aromatic carbocycles. The van der Waals surface area contributed by atoms with Crippen molar-refractivity contribution in [2.24, 2.45) is 0 Å². The van der Waals surface area contributed by atoms with E-state index in [1.165, 1.54) is 13.2 Å². The molecule has 2 aromatic rings. The molecular formula is C19H22ClF2N2O3+. The summed E-state index contributed by atoms with van der Waals surface area (Å²) >= 11 is 5.83. The highest BCUT2D eigenvalue weighted by molar-refractivity contribution is 6.30. The van der Waals surface area contributed by atoms with Gasteiger partial charge in [0.25, 0.3) is 5.91 Å². The lowest BCUT2D eigenvalue weighted by Crippen LogP contribution is -3.08. The first kappa shape index (κ1) is 20.9. The zero-order valence-electron chi connectivity index (χ0n) is 15.1. The number of carbonyl (C=O) groups is 1. The van der Waals surface area contributed by atoms with Crippen LogP contribution in [0.1, 0.15) is 11.1 Å². The number of hydrogen-bond donors (Lipinski definition) is 2. The summed E-state index contributed by atoms with van der Waals surface area (Å²) in [5.41, 5.74) is 1.81. The Kier molecular flexibility index (Phi) is 7.82. The number of quaternary nitrogens is 1. The van der Waals surface area contributed by atoms with E-state index in [0.29, 0.717) is 18.1 Å². The van der Waals surface area contributed by atoms with Gasteiger partial charge in [0.15, 0.2) is 18.0 Å². The summed E-state index contributed by atoms with van der Waals surface area (Å²) in [6.07, 6.45) is 0. The number of benzene rings is 2. The van der Waals surface area contributed by atoms with Gasteiger partial charge in [-0.25, -0.2) is 0 Å². The van der Waals surface area contributed by atoms with Gasteiger partial charge in [-0.2, -0.15) is 8.78 Å². The Morgan fingerprint density at radius 3 is 2.44 bits per heavy atom. The van der Waals surface area contributed by atoms with E-state index in [1.54, 1.807) is 24.3 Å². The van der Waals surface area contributed by atoms with E-state index < -0.39 is 6.61 Å². The van der Waals surface area contributed by atoms with Crippen LogP contribution in [0.2, 0.25) is 5.02 Å². The van der Waals surface area contributed by atoms with Crippen LogP contribution in [-0.2, 0) is 17.9 Å². The van der Waals surface area contributed by atoms with Gasteiger partial charge in [0, 0.05) is 17.1 Å². The van der Waals surface area contributed by atoms with Gasteiger partial charge in [-0.1, -0.05) is 23.7 Å². The molecule has 146 valence electrons. The monoisotopic (exact) mass is 399 g/mol. The van der Waals surface area contributed by atoms with Crippen LogP contribution in [-0.4, -0.2) is 33.2 Å². The van der Waals surface area contributed by atoms with Crippen LogP contribution in [0.4, 0.5) is 8.78 Å². The van der Waals surface area contributed by atoms with Crippen LogP contribution < -0.4 is 19.7 Å². The van der Waals surface area contributed by atoms with Crippen molar-refractivity contribution in [3.63, 3.8) is 0 Å². The minimum Gasteiger partial charge on any atom is -0.493 e. The van der Waals surface area contributed by atoms with Gasteiger partial charge < -0.3 is 19.7 Å². The standard InChI is InChI=1S/C19H21ClF2N2O3/c1-24(12-18(25)23-10-13-3-6-15(20)7-4-13)11-14-5-8-16(27-19(21)22)17(9-14)26-2/h3-9,19H,10-12H2,1-2H3,(H,23,25)/p+1. The molecule has 5 nitrogen and oxygen atoms in total. The molecule has 0 bridgehead atoms. The molecule has 0 fully saturated rings. The number of rotatable bonds is 9. The van der Waals surface area contributed by atoms with Crippen molar-refractivity contribution in [2.75, 3.05) is 20.7 Å². The van der Waals surface area contributed by atoms with Gasteiger partial charge in [-0.05, 0) is 35.9 Å². The van der Waals surface area contributed by atoms with Gasteiger partial charge in [-0.15, -0.1) is 0 Å². The highest BCUT2D eigenvalue weighted by Gasteiger charge is 2.14. The van der Waals surface area contributed by atoms with E-state index in [9.17, 15) is 13.6 Å². The number of likely N-dealkylation sites (N-methyl/N-ethyl adjacent to an activating group) is 1. The van der Waals surface area contributed by atoms with Gasteiger partial charge in [0.2, 0.25) is 0 Å². The Morgan fingerprint density at radius 2 is 1.81 bits per heavy atom. The second-order valence-electron chi connectivity index (χ2n) is 6.08. The van der Waals surface area contributed by atoms with Crippen molar-refractivity contribution in [3.05, 3.63) is 58.6 Å². The van der Waals surface area contributed by atoms with Crippen molar-refractivity contribution in [1.29, 1.82) is 0 Å². The summed E-state index contributed by atoms with van der Waals surface area (Å²) in [5, 5.41) is 3.51. The number of ether oxygens (including phenoxy) is 2. The minimum absolute atomic E-state index is 0.0189. The highest BCUT2D eigenvalue weighted by atomic mass is 35.5. The van der Waals surface area contributed by atoms with Gasteiger partial charge in [-0.3, -0.25) is 4.79 Å². The summed E-state index contributed by atoms with van der Waals surface area (Å²) in [4.78, 5) is 13.0. The molecule has 1 atom stereocenters. The van der Waals surface area contributed by atoms with E-state index in [-0.39, 0.29) is 24.0 Å². The Balaban J connectivity index is 1.86. The summed E-state index contributed by atoms with van der Waals surface area (Å²) in [6.45, 7) is -1.69. The van der Waals surface area contributed by atoms with Gasteiger partial charge >= 0.3 is 6.61 Å². The van der Waals surface area contributed by atoms with Crippen molar-refractivity contribution < 1.29 is 27.9 Å². The first-order chi connectivity index (χ1) is 12.9. The Hall–Kier alpha value is -2.38. The molecule has 0 aliphatic heterocycles. The lowest BCUT2D eigenvalue weighted by molar-refractivity contribution is -0.885. The zero-order chi connectivity index (χ0) is 19.8. The number of methoxy groups -OCH3 is 1. The SMILES string of the molecule is COc1cc(C[NH+](C)CC(=O)NCc2ccc(Cl)cc2)ccc1OC(F)F. The van der Waals surface area contributed by atoms with Crippen LogP contribution >= 0.6 is 11.6 Å². The molecule has 0 aromatic heterocycles. The molecule has 1 unspecified atom stereocenters. The second-order valence-corrected chi connectivity index (χ2v) is 6.51. The molecule has 0 aliphatic carbocycles. The fourth-order valence-electron chi connectivity index (χ4n) is 2.57. The summed E-state index contributed by atoms with van der Waals surface area (Å²) in [6, 6.07) is 12.0. The number of amides is 1. The molecular weight excluding hydrogens is 378 g/mol. The third-order valence-corrected chi connectivity index (χ3v) is 4.07. The second kappa shape index (κ2) is 10.1. The molecule has 0 saturated carbocycles. The minimum atomic E-state index is -2.91. The predicted octanol–water partition coefficient (Wildman–Crippen LogP) is 2.28. The lowest BCUT2D eigenvalue weighted by Gasteiger charge is -2.16. The largest absolute Gasteiger partial charge is 0.493 e. The molecule has 0 aliphatic rings. The molecule has 0 heterocycles. The third kappa shape index (κ3) is 7.03. The van der Waals surface area contributed by atoms with Crippen LogP contribution in [0.25, 0.3) is 0 Å². The number of nitrogens with one attached hydrogen (secondary N) is 2. The van der Waals surface area contributed by atoms with E-state index in [1.807, 2.05) is 19.2 Å². The van der Waals surface area contributed by atoms with Crippen molar-refractivity contribution >= 4 is 17.5 Å². The number of hydrogen-bond acceptors (Lipinski definition) is 3. The summed E-state index contributed by atoms with van der Waals surface area (Å²) < 4.78 is 34.2. The smallest absolute Gasteiger partial charge is 0.387 e. The Bertz CT molecular complexity index is 757. The fourth-order valence-corrected chi connectivity index (χ4v) is 2.69. The van der Waals surface area contributed by atoms with Gasteiger partial charge in [0.05, 0.1) is 14.2 Å². The van der Waals surface area contributed by atoms with Crippen LogP contribution in [0, 0.1) is 0 Å². The van der Waals surface area contributed by atoms with Crippen LogP contribution in [0.5, 0.6) is 11.5 Å². The average molecular weight is 400 g/mol. The molecule has 27 heavy (non-hydrogen) atoms. The van der Waals surface area contributed by atoms with E-state index >= 15 is 0 Å². The summed E-state index contributed by atoms with van der Waals surface area (Å²) in [7, 11) is 3.26. The molecule has 1 amide bonds. The number of carbonyl (C=O) groups excluding carboxylic acids is 1. The topological polar surface area (TPSA) is 52.0 Å². The third-order valence-electron chi connectivity index (χ3n) is 3.82. The average Bonchev–Trinajstić information content (AvgIpc) is 2.62. The quantitative estimate of drug-likeness (QED) is 0.680. The van der Waals surface area contributed by atoms with Crippen molar-refractivity contribution in [3.8, 4) is 11.5 Å². The fraction of sp³-hybridized carbons (Fsp3) is 0.316. The lowest BCUT2D eigenvalue weighted by atomic mass is 10.2. The van der Waals surface area contributed by atoms with Crippen LogP contribution in [0.3, 0.4) is 0 Å². The molecule has 0 saturated heterocycles. The zero-order valence-corrected chi connectivity index (χ0v) is 15.9. The Labute approximate surface area is 161 Å². The van der Waals surface area contributed by atoms with E-state index in [4.69, 9.17) is 16.3 Å². The maximum absolute atomic E-state index is 12.4. The first-order valence-electron chi connectivity index (χ1n) is 8.31. The van der Waals surface area contributed by atoms with Crippen molar-refractivity contribution in [1.82, 2.24) is 5.32 Å². The summed E-state index contributed by atoms with van der Waals surface area (Å²) in [5.74, 6) is 0.120. The van der Waals surface area contributed by atoms with Gasteiger partial charge in [0.1, 0.15) is 6.54 Å². The molecule has 0 radical (unpaired) electrons. The highest BCUT2D eigenvalue weighted by Crippen LogP contribution is 2.29. The maximum Gasteiger partial charge on any atom is 0.387 e. The number of halogens is 3. The molecule has 0 spiro atoms. The van der Waals surface area contributed by atoms with E-state index in [0.717, 1.165) is 16.0 Å². The van der Waals surface area contributed by atoms with E-state index in [2.05, 4.69) is 10.1 Å². The molecule has 8 heteroatoms. The van der Waals surface area contributed by atoms with Crippen molar-refractivity contribution in [2.45, 2.75) is 19.7 Å². The first-order valence-corrected chi connectivity index (χ1v) is 8.69.